The first-order valence-corrected chi connectivity index (χ1v) is 6.48. The van der Waals surface area contributed by atoms with Gasteiger partial charge in [0.2, 0.25) is 0 Å². The van der Waals surface area contributed by atoms with Gasteiger partial charge in [-0.3, -0.25) is 0 Å². The van der Waals surface area contributed by atoms with E-state index in [1.54, 1.807) is 0 Å². The predicted molar refractivity (Wildman–Crippen MR) is 51.9 cm³/mol. The molecule has 1 unspecified atom stereocenters. The SMILES string of the molecule is C=CC[C]([Zn])(CCC)CC(C)C. The van der Waals surface area contributed by atoms with E-state index in [0.717, 1.165) is 5.92 Å². The Morgan fingerprint density at radius 2 is 2.08 bits per heavy atom. The minimum atomic E-state index is 0.630. The first kappa shape index (κ1) is 12.4. The molecule has 0 amide bonds. The molecular weight excluding hydrogens is 198 g/mol. The third-order valence-corrected chi connectivity index (χ3v) is 4.15. The van der Waals surface area contributed by atoms with Crippen LogP contribution in [0.15, 0.2) is 12.7 Å². The van der Waals surface area contributed by atoms with E-state index in [2.05, 4.69) is 33.4 Å². The molecule has 0 N–H and O–H groups in total. The molecule has 0 fully saturated rings. The summed E-state index contributed by atoms with van der Waals surface area (Å²) in [5, 5.41) is 0. The van der Waals surface area contributed by atoms with Gasteiger partial charge in [-0.2, -0.15) is 0 Å². The second-order valence-electron chi connectivity index (χ2n) is 4.34. The van der Waals surface area contributed by atoms with E-state index in [1.165, 1.54) is 44.0 Å². The number of hydrogen-bond donors (Lipinski definition) is 0. The van der Waals surface area contributed by atoms with Gasteiger partial charge in [0.25, 0.3) is 0 Å². The molecule has 0 aliphatic carbocycles. The molecule has 0 rings (SSSR count). The van der Waals surface area contributed by atoms with Gasteiger partial charge in [0.05, 0.1) is 0 Å². The maximum atomic E-state index is 3.86. The van der Waals surface area contributed by atoms with Crippen molar-refractivity contribution in [2.24, 2.45) is 5.92 Å². The van der Waals surface area contributed by atoms with Gasteiger partial charge >= 0.3 is 87.3 Å². The van der Waals surface area contributed by atoms with Crippen molar-refractivity contribution in [1.82, 2.24) is 0 Å². The molecule has 12 heavy (non-hydrogen) atoms. The van der Waals surface area contributed by atoms with Gasteiger partial charge in [-0.05, 0) is 0 Å². The van der Waals surface area contributed by atoms with E-state index in [0.29, 0.717) is 4.01 Å². The van der Waals surface area contributed by atoms with Gasteiger partial charge in [-0.1, -0.05) is 0 Å². The van der Waals surface area contributed by atoms with Crippen molar-refractivity contribution >= 4 is 0 Å². The first-order chi connectivity index (χ1) is 5.54. The van der Waals surface area contributed by atoms with Crippen LogP contribution in [0, 0.1) is 5.92 Å². The molecule has 0 saturated heterocycles. The molecule has 1 heteroatoms. The van der Waals surface area contributed by atoms with E-state index in [9.17, 15) is 0 Å². The van der Waals surface area contributed by atoms with Crippen molar-refractivity contribution < 1.29 is 18.3 Å². The number of allylic oxidation sites excluding steroid dienone is 1. The summed E-state index contributed by atoms with van der Waals surface area (Å²) in [7, 11) is 0. The van der Waals surface area contributed by atoms with Crippen LogP contribution in [0.4, 0.5) is 0 Å². The molecule has 0 aliphatic rings. The van der Waals surface area contributed by atoms with E-state index in [-0.39, 0.29) is 0 Å². The van der Waals surface area contributed by atoms with Crippen LogP contribution in [0.2, 0.25) is 4.01 Å². The van der Waals surface area contributed by atoms with Gasteiger partial charge in [0.15, 0.2) is 0 Å². The normalized spacial score (nSPS) is 16.2. The Balaban J connectivity index is 4.06. The van der Waals surface area contributed by atoms with Crippen molar-refractivity contribution in [1.29, 1.82) is 0 Å². The molecule has 0 spiro atoms. The third kappa shape index (κ3) is 5.09. The van der Waals surface area contributed by atoms with Gasteiger partial charge in [-0.25, -0.2) is 0 Å². The quantitative estimate of drug-likeness (QED) is 0.465. The van der Waals surface area contributed by atoms with Gasteiger partial charge in [0, 0.05) is 0 Å². The Bertz CT molecular complexity index is 129. The van der Waals surface area contributed by atoms with E-state index >= 15 is 0 Å². The van der Waals surface area contributed by atoms with Crippen molar-refractivity contribution in [3.63, 3.8) is 0 Å². The molecule has 0 aliphatic heterocycles. The Labute approximate surface area is 87.5 Å². The third-order valence-electron chi connectivity index (χ3n) is 2.20. The Morgan fingerprint density at radius 1 is 1.50 bits per heavy atom. The average Bonchev–Trinajstić information content (AvgIpc) is 1.85. The van der Waals surface area contributed by atoms with Crippen molar-refractivity contribution in [3.8, 4) is 0 Å². The predicted octanol–water partition coefficient (Wildman–Crippen LogP) is 4.11. The summed E-state index contributed by atoms with van der Waals surface area (Å²) in [6, 6.07) is 0. The molecule has 0 nitrogen and oxygen atoms in total. The molecule has 0 bridgehead atoms. The molecule has 0 saturated carbocycles. The zero-order chi connectivity index (χ0) is 9.61. The van der Waals surface area contributed by atoms with E-state index in [1.807, 2.05) is 0 Å². The monoisotopic (exact) mass is 217 g/mol. The molecule has 0 aromatic carbocycles. The Kier molecular flexibility index (Phi) is 6.09. The number of hydrogen-bond acceptors (Lipinski definition) is 0. The molecule has 1 atom stereocenters. The topological polar surface area (TPSA) is 0 Å². The Hall–Kier alpha value is 0.363. The molecule has 0 heterocycles. The maximum absolute atomic E-state index is 3.86. The zero-order valence-corrected chi connectivity index (χ0v) is 11.9. The second kappa shape index (κ2) is 5.92. The standard InChI is InChI=1S/C11H21.Zn/c1-5-7-11(8-6-2)9-10(3)4;/h5,10H,1,6-9H2,2-4H3;. The summed E-state index contributed by atoms with van der Waals surface area (Å²) >= 11 is 1.42. The summed E-state index contributed by atoms with van der Waals surface area (Å²) in [6.45, 7) is 10.8. The summed E-state index contributed by atoms with van der Waals surface area (Å²) in [6.07, 6.45) is 7.41. The minimum absolute atomic E-state index is 0.630. The fourth-order valence-electron chi connectivity index (χ4n) is 1.99. The van der Waals surface area contributed by atoms with Crippen LogP contribution in [-0.4, -0.2) is 0 Å². The summed E-state index contributed by atoms with van der Waals surface area (Å²) in [5.74, 6) is 0.838. The molecule has 67 valence electrons. The van der Waals surface area contributed by atoms with Crippen LogP contribution in [0.25, 0.3) is 0 Å². The first-order valence-electron chi connectivity index (χ1n) is 5.00. The van der Waals surface area contributed by atoms with Crippen LogP contribution in [-0.2, 0) is 18.3 Å². The van der Waals surface area contributed by atoms with Crippen LogP contribution in [0.3, 0.4) is 0 Å². The van der Waals surface area contributed by atoms with Crippen molar-refractivity contribution in [2.75, 3.05) is 0 Å². The summed E-state index contributed by atoms with van der Waals surface area (Å²) in [4.78, 5) is 0. The van der Waals surface area contributed by atoms with Crippen LogP contribution in [0.1, 0.15) is 46.5 Å². The van der Waals surface area contributed by atoms with E-state index in [4.69, 9.17) is 0 Å². The average molecular weight is 219 g/mol. The molecule has 0 aromatic rings. The van der Waals surface area contributed by atoms with E-state index < -0.39 is 0 Å². The fraction of sp³-hybridized carbons (Fsp3) is 0.818. The summed E-state index contributed by atoms with van der Waals surface area (Å²) in [5.41, 5.74) is 0. The van der Waals surface area contributed by atoms with Gasteiger partial charge in [-0.15, -0.1) is 0 Å². The van der Waals surface area contributed by atoms with Crippen molar-refractivity contribution in [2.45, 2.75) is 50.5 Å². The second-order valence-corrected chi connectivity index (χ2v) is 7.49. The molecule has 0 radical (unpaired) electrons. The summed E-state index contributed by atoms with van der Waals surface area (Å²) < 4.78 is 0.630. The van der Waals surface area contributed by atoms with Crippen molar-refractivity contribution in [3.05, 3.63) is 12.7 Å². The zero-order valence-electron chi connectivity index (χ0n) is 8.90. The molecule has 0 aromatic heterocycles. The van der Waals surface area contributed by atoms with Crippen LogP contribution >= 0.6 is 0 Å². The Morgan fingerprint density at radius 3 is 2.42 bits per heavy atom. The van der Waals surface area contributed by atoms with Crippen LogP contribution in [0.5, 0.6) is 0 Å². The van der Waals surface area contributed by atoms with Gasteiger partial charge < -0.3 is 0 Å². The molecular formula is C11H21Zn. The number of rotatable bonds is 6. The fourth-order valence-corrected chi connectivity index (χ4v) is 4.37. The van der Waals surface area contributed by atoms with Crippen LogP contribution < -0.4 is 0 Å². The van der Waals surface area contributed by atoms with Gasteiger partial charge in [0.1, 0.15) is 0 Å².